The third-order valence-corrected chi connectivity index (χ3v) is 3.60. The normalized spacial score (nSPS) is 12.5. The largest absolute Gasteiger partial charge is 0.520 e. The molecule has 1 rings (SSSR count). The maximum Gasteiger partial charge on any atom is 0.246 e. The van der Waals surface area contributed by atoms with Crippen LogP contribution in [0.4, 0.5) is 5.69 Å². The fraction of sp³-hybridized carbons (Fsp3) is 0.438. The van der Waals surface area contributed by atoms with E-state index in [1.54, 1.807) is 32.9 Å². The number of nitrogens with one attached hydrogen (secondary N) is 3. The van der Waals surface area contributed by atoms with Gasteiger partial charge in [0, 0.05) is 11.6 Å². The number of alkyl halides is 1. The van der Waals surface area contributed by atoms with Crippen LogP contribution in [-0.4, -0.2) is 30.3 Å². The molecule has 0 radical (unpaired) electrons. The molecule has 24 heavy (non-hydrogen) atoms. The van der Waals surface area contributed by atoms with E-state index in [1.807, 2.05) is 12.1 Å². The SMILES string of the molecule is CC(C)C(N[C-]=O)C(=O)N[C@@H](C)C(=O)Nc1ccc(CCl)cc1.[Fm]. The molecule has 0 heterocycles. The molecule has 2 atom stereocenters. The summed E-state index contributed by atoms with van der Waals surface area (Å²) in [6.07, 6.45) is 1.51. The Morgan fingerprint density at radius 3 is 2.17 bits per heavy atom. The van der Waals surface area contributed by atoms with Gasteiger partial charge in [0.15, 0.2) is 0 Å². The van der Waals surface area contributed by atoms with Crippen molar-refractivity contribution in [1.82, 2.24) is 10.6 Å². The molecule has 8 heteroatoms. The minimum atomic E-state index is -0.745. The molecular weight excluding hydrogens is 575 g/mol. The van der Waals surface area contributed by atoms with E-state index < -0.39 is 18.0 Å². The summed E-state index contributed by atoms with van der Waals surface area (Å²) < 4.78 is 0. The Balaban J connectivity index is 0.00000529. The Kier molecular flexibility index (Phi) is 8.58. The molecular formula is C16H21ClFmN3O3-. The predicted molar refractivity (Wildman–Crippen MR) is 89.7 cm³/mol. The van der Waals surface area contributed by atoms with E-state index in [9.17, 15) is 14.4 Å². The molecule has 0 bridgehead atoms. The van der Waals surface area contributed by atoms with Gasteiger partial charge in [-0.1, -0.05) is 26.0 Å². The number of amides is 3. The number of rotatable bonds is 8. The van der Waals surface area contributed by atoms with E-state index in [-0.39, 0.29) is 11.8 Å². The Labute approximate surface area is 141 Å². The quantitative estimate of drug-likeness (QED) is 0.242. The Hall–Kier alpha value is -3.08. The van der Waals surface area contributed by atoms with Gasteiger partial charge in [0.1, 0.15) is 6.04 Å². The molecule has 0 aliphatic rings. The topological polar surface area (TPSA) is 87.3 Å². The van der Waals surface area contributed by atoms with Crippen LogP contribution in [0.2, 0.25) is 0 Å². The number of anilines is 1. The van der Waals surface area contributed by atoms with Gasteiger partial charge in [-0.15, -0.1) is 11.6 Å². The first-order valence-corrected chi connectivity index (χ1v) is 7.81. The molecule has 0 aliphatic heterocycles. The van der Waals surface area contributed by atoms with Gasteiger partial charge in [-0.3, -0.25) is 9.59 Å². The van der Waals surface area contributed by atoms with E-state index in [0.717, 1.165) is 5.56 Å². The maximum absolute atomic E-state index is 12.1. The third kappa shape index (κ3) is 5.96. The van der Waals surface area contributed by atoms with Crippen molar-refractivity contribution in [2.75, 3.05) is 5.32 Å². The van der Waals surface area contributed by atoms with Crippen molar-refractivity contribution in [3.63, 3.8) is 0 Å². The van der Waals surface area contributed by atoms with Gasteiger partial charge in [0.2, 0.25) is 11.8 Å². The monoisotopic (exact) mass is 595 g/mol. The van der Waals surface area contributed by atoms with Gasteiger partial charge >= 0.3 is 0 Å². The smallest absolute Gasteiger partial charge is 0.246 e. The van der Waals surface area contributed by atoms with Crippen molar-refractivity contribution in [2.45, 2.75) is 38.7 Å². The molecule has 1 aromatic rings. The zero-order chi connectivity index (χ0) is 17.4. The van der Waals surface area contributed by atoms with Gasteiger partial charge in [-0.2, -0.15) is 6.41 Å². The number of hydrogen-bond acceptors (Lipinski definition) is 3. The number of hydrogen-bond donors (Lipinski definition) is 3. The molecule has 0 spiro atoms. The van der Waals surface area contributed by atoms with Crippen LogP contribution in [0.5, 0.6) is 0 Å². The van der Waals surface area contributed by atoms with Crippen LogP contribution in [0, 0.1) is 5.92 Å². The number of carbonyl (C=O) groups excluding carboxylic acids is 3. The van der Waals surface area contributed by atoms with Crippen LogP contribution in [0.3, 0.4) is 0 Å². The van der Waals surface area contributed by atoms with Gasteiger partial charge in [-0.05, 0) is 30.5 Å². The summed E-state index contributed by atoms with van der Waals surface area (Å²) in [4.78, 5) is 34.6. The van der Waals surface area contributed by atoms with Crippen molar-refractivity contribution in [3.8, 4) is 0 Å². The summed E-state index contributed by atoms with van der Waals surface area (Å²) >= 11 is 5.71. The third-order valence-electron chi connectivity index (χ3n) is 3.29. The number of carbonyl (C=O) groups is 2. The molecule has 0 aromatic heterocycles. The first kappa shape index (κ1) is 20.9. The average molecular weight is 596 g/mol. The average Bonchev–Trinajstić information content (AvgIpc) is 2.52. The molecule has 1 aromatic carbocycles. The summed E-state index contributed by atoms with van der Waals surface area (Å²) in [5, 5.41) is 7.61. The van der Waals surface area contributed by atoms with Crippen LogP contribution in [0.1, 0.15) is 26.3 Å². The summed E-state index contributed by atoms with van der Waals surface area (Å²) in [6, 6.07) is 5.62. The van der Waals surface area contributed by atoms with Crippen molar-refractivity contribution < 1.29 is 14.4 Å². The van der Waals surface area contributed by atoms with Crippen LogP contribution in [-0.2, 0) is 20.3 Å². The first-order valence-electron chi connectivity index (χ1n) is 7.27. The Morgan fingerprint density at radius 1 is 1.12 bits per heavy atom. The standard InChI is InChI=1S/C16H21ClN3O3.Fm/c1-10(2)14(18-9-21)16(23)19-11(3)15(22)20-13-6-4-12(8-17)5-7-13;/h4-7,10-11,14H,8H2,1-3H3,(H,18,21)(H,19,23)(H,20,22);/q-1;/t11-,14?;/m0./s1. The van der Waals surface area contributed by atoms with Crippen molar-refractivity contribution in [1.29, 1.82) is 0 Å². The minimum absolute atomic E-state index is 0. The van der Waals surface area contributed by atoms with Gasteiger partial charge in [0.05, 0.1) is 6.04 Å². The zero-order valence-corrected chi connectivity index (χ0v) is 16.8. The molecule has 0 saturated carbocycles. The van der Waals surface area contributed by atoms with E-state index >= 15 is 0 Å². The van der Waals surface area contributed by atoms with Crippen LogP contribution in [0.15, 0.2) is 24.3 Å². The molecule has 0 aliphatic carbocycles. The maximum atomic E-state index is 12.1. The molecule has 6 nitrogen and oxygen atoms in total. The van der Waals surface area contributed by atoms with Crippen molar-refractivity contribution in [2.24, 2.45) is 5.92 Å². The van der Waals surface area contributed by atoms with Crippen LogP contribution >= 0.6 is 11.6 Å². The second-order valence-electron chi connectivity index (χ2n) is 5.52. The summed E-state index contributed by atoms with van der Waals surface area (Å²) in [6.45, 7) is 5.15. The van der Waals surface area contributed by atoms with E-state index in [2.05, 4.69) is 16.0 Å². The molecule has 1 unspecified atom stereocenters. The fourth-order valence-electron chi connectivity index (χ4n) is 1.89. The summed E-state index contributed by atoms with van der Waals surface area (Å²) in [5.74, 6) is -0.495. The summed E-state index contributed by atoms with van der Waals surface area (Å²) in [5.41, 5.74) is 1.56. The van der Waals surface area contributed by atoms with Crippen LogP contribution in [0.25, 0.3) is 0 Å². The van der Waals surface area contributed by atoms with Crippen LogP contribution < -0.4 is 16.0 Å². The molecule has 3 amide bonds. The van der Waals surface area contributed by atoms with Crippen molar-refractivity contribution >= 4 is 35.5 Å². The Bertz CT molecular complexity index is 552. The molecule has 3 N–H and O–H groups in total. The molecule has 0 saturated heterocycles. The van der Waals surface area contributed by atoms with Gasteiger partial charge < -0.3 is 20.7 Å². The predicted octanol–water partition coefficient (Wildman–Crippen LogP) is 1.55. The molecule has 0 fully saturated rings. The second kappa shape index (κ2) is 9.84. The zero-order valence-electron chi connectivity index (χ0n) is 13.6. The van der Waals surface area contributed by atoms with E-state index in [1.165, 1.54) is 6.41 Å². The first-order chi connectivity index (χ1) is 10.9. The van der Waals surface area contributed by atoms with E-state index in [4.69, 9.17) is 11.6 Å². The Morgan fingerprint density at radius 2 is 1.71 bits per heavy atom. The van der Waals surface area contributed by atoms with Gasteiger partial charge in [0.25, 0.3) is 0 Å². The molecule has 138 valence electrons. The summed E-state index contributed by atoms with van der Waals surface area (Å²) in [7, 11) is 0. The second-order valence-corrected chi connectivity index (χ2v) is 5.79. The number of halogens is 1. The van der Waals surface area contributed by atoms with E-state index in [0.29, 0.717) is 11.6 Å². The van der Waals surface area contributed by atoms with Gasteiger partial charge in [-0.25, -0.2) is 0 Å². The number of benzene rings is 1. The fourth-order valence-corrected chi connectivity index (χ4v) is 2.07. The van der Waals surface area contributed by atoms with Crippen molar-refractivity contribution in [3.05, 3.63) is 29.8 Å². The minimum Gasteiger partial charge on any atom is -0.520 e.